The van der Waals surface area contributed by atoms with Crippen molar-refractivity contribution in [2.75, 3.05) is 106 Å². The third kappa shape index (κ3) is 17.0. The van der Waals surface area contributed by atoms with Crippen LogP contribution in [0.5, 0.6) is 0 Å². The van der Waals surface area contributed by atoms with Crippen LogP contribution in [0.3, 0.4) is 0 Å². The summed E-state index contributed by atoms with van der Waals surface area (Å²) in [5, 5.41) is 17.5. The van der Waals surface area contributed by atoms with Gasteiger partial charge in [-0.25, -0.2) is 18.4 Å². The molecule has 0 saturated heterocycles. The zero-order valence-corrected chi connectivity index (χ0v) is 33.8. The second-order valence-corrected chi connectivity index (χ2v) is 14.8. The minimum atomic E-state index is -1.15. The number of rotatable bonds is 27. The molecule has 3 amide bonds. The number of likely N-dealkylation sites (N-methyl/N-ethyl adjacent to an activating group) is 1. The standard InChI is InChI=1S/C39H58F2N4O10S/c1-38(2,3)55-36(47)42-15-8-14-39(31-10-6-5-7-11-31)45(43-35(56-39)33-30-32(40)12-13-34(33)41)37(48)44(4)16-19-50-21-23-52-25-27-54-29-28-53-26-24-51-22-20-49-18-9-17-46/h5-7,10-13,30,46H,8-9,14-29H2,1-4H3,(H,42,47)/t39-/m0/s1. The summed E-state index contributed by atoms with van der Waals surface area (Å²) in [6.07, 6.45) is 0.771. The Balaban J connectivity index is 1.46. The second-order valence-electron chi connectivity index (χ2n) is 13.6. The van der Waals surface area contributed by atoms with Gasteiger partial charge in [-0.05, 0) is 63.8 Å². The lowest BCUT2D eigenvalue weighted by atomic mass is 10.0. The number of urea groups is 1. The third-order valence-corrected chi connectivity index (χ3v) is 9.37. The number of amides is 3. The molecule has 0 fully saturated rings. The van der Waals surface area contributed by atoms with E-state index in [1.165, 1.54) is 9.91 Å². The molecule has 1 heterocycles. The number of halogens is 2. The summed E-state index contributed by atoms with van der Waals surface area (Å²) in [5.74, 6) is -1.31. The number of benzene rings is 2. The lowest BCUT2D eigenvalue weighted by Gasteiger charge is -2.37. The quantitative estimate of drug-likeness (QED) is 0.112. The van der Waals surface area contributed by atoms with Gasteiger partial charge in [0.05, 0.1) is 72.7 Å². The van der Waals surface area contributed by atoms with Gasteiger partial charge in [0, 0.05) is 38.9 Å². The van der Waals surface area contributed by atoms with E-state index in [2.05, 4.69) is 10.4 Å². The maximum atomic E-state index is 15.1. The SMILES string of the molecule is CN(CCOCCOCCOCCOCCOCCOCCCO)C(=O)N1N=C(c2cc(F)ccc2F)S[C@@]1(CCCNC(=O)OC(C)(C)C)c1ccccc1. The normalized spacial score (nSPS) is 15.6. The Kier molecular flexibility index (Phi) is 21.6. The first-order chi connectivity index (χ1) is 27.0. The fourth-order valence-electron chi connectivity index (χ4n) is 5.20. The zero-order valence-electron chi connectivity index (χ0n) is 33.0. The summed E-state index contributed by atoms with van der Waals surface area (Å²) in [5.41, 5.74) is 0.000569. The number of hydrogen-bond acceptors (Lipinski definition) is 12. The van der Waals surface area contributed by atoms with E-state index in [0.717, 1.165) is 35.5 Å². The first-order valence-corrected chi connectivity index (χ1v) is 19.7. The number of alkyl carbamates (subject to hydrolysis) is 1. The smallest absolute Gasteiger partial charge is 0.407 e. The molecule has 1 aliphatic heterocycles. The predicted octanol–water partition coefficient (Wildman–Crippen LogP) is 5.37. The van der Waals surface area contributed by atoms with Crippen molar-refractivity contribution in [3.05, 3.63) is 71.3 Å². The van der Waals surface area contributed by atoms with E-state index in [4.69, 9.17) is 38.3 Å². The van der Waals surface area contributed by atoms with E-state index < -0.39 is 34.2 Å². The highest BCUT2D eigenvalue weighted by atomic mass is 32.2. The highest BCUT2D eigenvalue weighted by Gasteiger charge is 2.49. The molecule has 14 nitrogen and oxygen atoms in total. The van der Waals surface area contributed by atoms with E-state index >= 15 is 4.39 Å². The number of thioether (sulfide) groups is 1. The maximum Gasteiger partial charge on any atom is 0.407 e. The Labute approximate surface area is 333 Å². The topological polar surface area (TPSA) is 150 Å². The van der Waals surface area contributed by atoms with Crippen molar-refractivity contribution in [1.29, 1.82) is 0 Å². The highest BCUT2D eigenvalue weighted by molar-refractivity contribution is 8.15. The van der Waals surface area contributed by atoms with Crippen molar-refractivity contribution in [2.24, 2.45) is 5.10 Å². The Bertz CT molecular complexity index is 1470. The molecule has 3 rings (SSSR count). The van der Waals surface area contributed by atoms with Gasteiger partial charge in [-0.1, -0.05) is 42.1 Å². The van der Waals surface area contributed by atoms with Crippen molar-refractivity contribution in [1.82, 2.24) is 15.2 Å². The van der Waals surface area contributed by atoms with Crippen molar-refractivity contribution >= 4 is 28.9 Å². The van der Waals surface area contributed by atoms with Crippen LogP contribution in [0.1, 0.15) is 51.2 Å². The van der Waals surface area contributed by atoms with Crippen LogP contribution in [0.2, 0.25) is 0 Å². The van der Waals surface area contributed by atoms with E-state index in [9.17, 15) is 14.0 Å². The summed E-state index contributed by atoms with van der Waals surface area (Å²) >= 11 is 1.16. The van der Waals surface area contributed by atoms with Crippen LogP contribution >= 0.6 is 11.8 Å². The van der Waals surface area contributed by atoms with Gasteiger partial charge in [0.1, 0.15) is 27.2 Å². The maximum absolute atomic E-state index is 15.1. The molecular weight excluding hydrogens is 755 g/mol. The van der Waals surface area contributed by atoms with Crippen LogP contribution in [-0.4, -0.2) is 144 Å². The van der Waals surface area contributed by atoms with E-state index in [-0.39, 0.29) is 36.9 Å². The Morgan fingerprint density at radius 3 is 1.93 bits per heavy atom. The minimum Gasteiger partial charge on any atom is -0.444 e. The first kappa shape index (κ1) is 47.0. The van der Waals surface area contributed by atoms with Crippen LogP contribution in [0.25, 0.3) is 0 Å². The fraction of sp³-hybridized carbons (Fsp3) is 0.615. The van der Waals surface area contributed by atoms with Crippen LogP contribution in [-0.2, 0) is 38.0 Å². The van der Waals surface area contributed by atoms with Crippen molar-refractivity contribution in [3.63, 3.8) is 0 Å². The molecule has 0 saturated carbocycles. The summed E-state index contributed by atoms with van der Waals surface area (Å²) in [4.78, 5) is 26.8. The predicted molar refractivity (Wildman–Crippen MR) is 209 cm³/mol. The Morgan fingerprint density at radius 2 is 1.38 bits per heavy atom. The van der Waals surface area contributed by atoms with Gasteiger partial charge < -0.3 is 48.5 Å². The molecule has 2 aromatic rings. The first-order valence-electron chi connectivity index (χ1n) is 18.8. The average molecular weight is 813 g/mol. The van der Waals surface area contributed by atoms with Gasteiger partial charge in [-0.15, -0.1) is 0 Å². The summed E-state index contributed by atoms with van der Waals surface area (Å²) in [7, 11) is 1.62. The largest absolute Gasteiger partial charge is 0.444 e. The summed E-state index contributed by atoms with van der Waals surface area (Å²) in [6.45, 7) is 10.8. The zero-order chi connectivity index (χ0) is 40.7. The number of ether oxygens (including phenoxy) is 7. The molecular formula is C39H58F2N4O10S. The van der Waals surface area contributed by atoms with Crippen LogP contribution in [0, 0.1) is 11.6 Å². The second kappa shape index (κ2) is 25.8. The van der Waals surface area contributed by atoms with Gasteiger partial charge in [-0.2, -0.15) is 10.1 Å². The molecule has 0 aliphatic carbocycles. The molecule has 1 aliphatic rings. The molecule has 1 atom stereocenters. The molecule has 314 valence electrons. The highest BCUT2D eigenvalue weighted by Crippen LogP contribution is 2.51. The molecule has 0 radical (unpaired) electrons. The van der Waals surface area contributed by atoms with Gasteiger partial charge in [0.15, 0.2) is 0 Å². The van der Waals surface area contributed by atoms with Gasteiger partial charge in [-0.3, -0.25) is 0 Å². The number of hydrogen-bond donors (Lipinski definition) is 2. The lowest BCUT2D eigenvalue weighted by Crippen LogP contribution is -2.48. The van der Waals surface area contributed by atoms with Crippen LogP contribution in [0.4, 0.5) is 18.4 Å². The molecule has 0 bridgehead atoms. The third-order valence-electron chi connectivity index (χ3n) is 7.93. The minimum absolute atomic E-state index is 0.0582. The monoisotopic (exact) mass is 812 g/mol. The van der Waals surface area contributed by atoms with Crippen molar-refractivity contribution in [2.45, 2.75) is 50.5 Å². The van der Waals surface area contributed by atoms with Crippen molar-refractivity contribution in [3.8, 4) is 0 Å². The summed E-state index contributed by atoms with van der Waals surface area (Å²) in [6, 6.07) is 11.9. The molecule has 2 N–H and O–H groups in total. The van der Waals surface area contributed by atoms with E-state index in [1.807, 2.05) is 30.3 Å². The number of aliphatic hydroxyl groups is 1. The number of nitrogens with zero attached hydrogens (tertiary/aromatic N) is 3. The summed E-state index contributed by atoms with van der Waals surface area (Å²) < 4.78 is 67.7. The van der Waals surface area contributed by atoms with Gasteiger partial charge in [0.25, 0.3) is 0 Å². The molecule has 17 heteroatoms. The van der Waals surface area contributed by atoms with Gasteiger partial charge in [0.2, 0.25) is 0 Å². The fourth-order valence-corrected chi connectivity index (χ4v) is 6.62. The number of hydrazone groups is 1. The molecule has 0 unspecified atom stereocenters. The van der Waals surface area contributed by atoms with Crippen LogP contribution in [0.15, 0.2) is 53.6 Å². The van der Waals surface area contributed by atoms with E-state index in [0.29, 0.717) is 91.9 Å². The number of aliphatic hydroxyl groups excluding tert-OH is 1. The Hall–Kier alpha value is -3.42. The number of nitrogens with one attached hydrogen (secondary N) is 1. The van der Waals surface area contributed by atoms with Crippen LogP contribution < -0.4 is 5.32 Å². The molecule has 56 heavy (non-hydrogen) atoms. The number of carbonyl (C=O) groups excluding carboxylic acids is 2. The molecule has 0 aromatic heterocycles. The Morgan fingerprint density at radius 1 is 0.821 bits per heavy atom. The average Bonchev–Trinajstić information content (AvgIpc) is 3.56. The lowest BCUT2D eigenvalue weighted by molar-refractivity contribution is -0.0175. The van der Waals surface area contributed by atoms with Gasteiger partial charge >= 0.3 is 12.1 Å². The number of carbonyl (C=O) groups is 2. The van der Waals surface area contributed by atoms with E-state index in [1.54, 1.807) is 27.8 Å². The molecule has 2 aromatic carbocycles. The van der Waals surface area contributed by atoms with Crippen molar-refractivity contribution < 1.29 is 56.6 Å². The molecule has 0 spiro atoms.